The lowest BCUT2D eigenvalue weighted by Crippen LogP contribution is -2.30. The van der Waals surface area contributed by atoms with E-state index < -0.39 is 5.91 Å². The van der Waals surface area contributed by atoms with Crippen molar-refractivity contribution in [3.8, 4) is 0 Å². The number of nitrogens with two attached hydrogens (primary N) is 2. The van der Waals surface area contributed by atoms with Gasteiger partial charge in [-0.3, -0.25) is 34.5 Å². The van der Waals surface area contributed by atoms with Crippen molar-refractivity contribution in [3.63, 3.8) is 0 Å². The highest BCUT2D eigenvalue weighted by Gasteiger charge is 2.22. The number of amides is 3. The van der Waals surface area contributed by atoms with Gasteiger partial charge in [-0.1, -0.05) is 0 Å². The summed E-state index contributed by atoms with van der Waals surface area (Å²) in [6, 6.07) is 4.35. The number of rotatable bonds is 8. The Morgan fingerprint density at radius 1 is 1.18 bits per heavy atom. The van der Waals surface area contributed by atoms with Gasteiger partial charge in [0.15, 0.2) is 11.6 Å². The first-order valence-electron chi connectivity index (χ1n) is 9.78. The number of aromatic nitrogens is 5. The molecular weight excluding hydrogens is 430 g/mol. The van der Waals surface area contributed by atoms with E-state index in [0.717, 1.165) is 0 Å². The summed E-state index contributed by atoms with van der Waals surface area (Å²) in [6.07, 6.45) is 1.75. The molecule has 0 spiro atoms. The minimum atomic E-state index is -0.531. The van der Waals surface area contributed by atoms with Crippen molar-refractivity contribution in [1.29, 1.82) is 5.41 Å². The van der Waals surface area contributed by atoms with E-state index >= 15 is 0 Å². The van der Waals surface area contributed by atoms with E-state index in [9.17, 15) is 14.4 Å². The van der Waals surface area contributed by atoms with Crippen LogP contribution in [0.4, 0.5) is 17.3 Å². The number of H-pyrrole nitrogens is 2. The number of nitrogen functional groups attached to an aromatic ring is 1. The standard InChI is InChI=1S/C19H25N11O3/c1-28(5-4-14(21)22)18(32)12-7-15(26-25-12)24-17(31)13-8-16(27-30(13)3)29(2)19(33)11-6-10(20)9-23-11/h6-9,23H,4-5,20H2,1-3H3,(H3,21,22)(H2,24,25,26,31). The monoisotopic (exact) mass is 455 g/mol. The van der Waals surface area contributed by atoms with Crippen molar-refractivity contribution >= 4 is 40.9 Å². The molecule has 0 aliphatic carbocycles. The van der Waals surface area contributed by atoms with Crippen LogP contribution in [0.15, 0.2) is 24.4 Å². The molecule has 14 nitrogen and oxygen atoms in total. The maximum Gasteiger partial charge on any atom is 0.275 e. The molecule has 0 atom stereocenters. The molecule has 0 saturated heterocycles. The molecule has 3 aromatic rings. The molecule has 174 valence electrons. The van der Waals surface area contributed by atoms with E-state index in [0.29, 0.717) is 5.69 Å². The second kappa shape index (κ2) is 9.25. The van der Waals surface area contributed by atoms with Gasteiger partial charge < -0.3 is 26.7 Å². The van der Waals surface area contributed by atoms with Crippen LogP contribution >= 0.6 is 0 Å². The number of nitrogens with zero attached hydrogens (tertiary/aromatic N) is 5. The number of hydrogen-bond acceptors (Lipinski definition) is 7. The first-order chi connectivity index (χ1) is 15.6. The fraction of sp³-hybridized carbons (Fsp3) is 0.263. The summed E-state index contributed by atoms with van der Waals surface area (Å²) >= 11 is 0. The number of carbonyl (C=O) groups is 3. The van der Waals surface area contributed by atoms with Gasteiger partial charge >= 0.3 is 0 Å². The maximum atomic E-state index is 12.7. The van der Waals surface area contributed by atoms with Crippen LogP contribution in [0.25, 0.3) is 0 Å². The number of amidine groups is 1. The van der Waals surface area contributed by atoms with Crippen molar-refractivity contribution in [2.45, 2.75) is 6.42 Å². The average molecular weight is 455 g/mol. The van der Waals surface area contributed by atoms with Gasteiger partial charge in [0.05, 0.1) is 5.84 Å². The Labute approximate surface area is 188 Å². The Hall–Kier alpha value is -4.62. The molecular formula is C19H25N11O3. The Morgan fingerprint density at radius 2 is 1.91 bits per heavy atom. The fourth-order valence-electron chi connectivity index (χ4n) is 2.92. The zero-order valence-corrected chi connectivity index (χ0v) is 18.3. The van der Waals surface area contributed by atoms with Crippen LogP contribution in [0.1, 0.15) is 37.9 Å². The molecule has 3 rings (SSSR count). The molecule has 0 aliphatic heterocycles. The van der Waals surface area contributed by atoms with E-state index in [4.69, 9.17) is 16.9 Å². The third-order valence-electron chi connectivity index (χ3n) is 4.80. The zero-order chi connectivity index (χ0) is 24.3. The number of carbonyl (C=O) groups excluding carboxylic acids is 3. The van der Waals surface area contributed by atoms with E-state index in [1.807, 2.05) is 0 Å². The van der Waals surface area contributed by atoms with Crippen molar-refractivity contribution in [3.05, 3.63) is 41.5 Å². The van der Waals surface area contributed by atoms with Gasteiger partial charge in [-0.15, -0.1) is 0 Å². The second-order valence-corrected chi connectivity index (χ2v) is 7.35. The molecule has 0 aromatic carbocycles. The minimum Gasteiger partial charge on any atom is -0.397 e. The molecule has 0 saturated carbocycles. The fourth-order valence-corrected chi connectivity index (χ4v) is 2.92. The summed E-state index contributed by atoms with van der Waals surface area (Å²) < 4.78 is 1.33. The van der Waals surface area contributed by atoms with Crippen LogP contribution < -0.4 is 21.7 Å². The van der Waals surface area contributed by atoms with Crippen molar-refractivity contribution in [2.24, 2.45) is 12.8 Å². The highest BCUT2D eigenvalue weighted by Crippen LogP contribution is 2.18. The molecule has 0 bridgehead atoms. The molecule has 33 heavy (non-hydrogen) atoms. The quantitative estimate of drug-likeness (QED) is 0.202. The lowest BCUT2D eigenvalue weighted by atomic mass is 10.3. The summed E-state index contributed by atoms with van der Waals surface area (Å²) in [5.74, 6) is -0.898. The number of anilines is 3. The third-order valence-corrected chi connectivity index (χ3v) is 4.80. The lowest BCUT2D eigenvalue weighted by Gasteiger charge is -2.15. The Balaban J connectivity index is 1.68. The largest absolute Gasteiger partial charge is 0.397 e. The smallest absolute Gasteiger partial charge is 0.275 e. The average Bonchev–Trinajstić information content (AvgIpc) is 3.50. The van der Waals surface area contributed by atoms with E-state index in [1.165, 1.54) is 45.9 Å². The molecule has 3 aromatic heterocycles. The number of nitrogens with one attached hydrogen (secondary N) is 4. The molecule has 3 amide bonds. The second-order valence-electron chi connectivity index (χ2n) is 7.35. The minimum absolute atomic E-state index is 0.0212. The topological polar surface area (TPSA) is 208 Å². The van der Waals surface area contributed by atoms with Crippen molar-refractivity contribution in [1.82, 2.24) is 29.9 Å². The van der Waals surface area contributed by atoms with Crippen molar-refractivity contribution < 1.29 is 14.4 Å². The SMILES string of the molecule is CN(CCC(=N)N)C(=O)c1cc(NC(=O)c2cc(N(C)C(=O)c3cc(N)c[nH]3)nn2C)n[nH]1. The van der Waals surface area contributed by atoms with E-state index in [2.05, 4.69) is 25.6 Å². The Kier molecular flexibility index (Phi) is 6.46. The van der Waals surface area contributed by atoms with Crippen LogP contribution in [-0.4, -0.2) is 74.1 Å². The molecule has 0 radical (unpaired) electrons. The van der Waals surface area contributed by atoms with Gasteiger partial charge in [0, 0.05) is 58.1 Å². The summed E-state index contributed by atoms with van der Waals surface area (Å²) in [6.45, 7) is 0.272. The summed E-state index contributed by atoms with van der Waals surface area (Å²) in [7, 11) is 4.66. The van der Waals surface area contributed by atoms with Crippen LogP contribution in [0, 0.1) is 5.41 Å². The number of aromatic amines is 2. The summed E-state index contributed by atoms with van der Waals surface area (Å²) in [4.78, 5) is 43.1. The molecule has 0 aliphatic rings. The molecule has 3 heterocycles. The normalized spacial score (nSPS) is 10.6. The third kappa shape index (κ3) is 5.17. The maximum absolute atomic E-state index is 12.7. The Morgan fingerprint density at radius 3 is 2.55 bits per heavy atom. The summed E-state index contributed by atoms with van der Waals surface area (Å²) in [5.41, 5.74) is 12.0. The number of aryl methyl sites for hydroxylation is 1. The highest BCUT2D eigenvalue weighted by atomic mass is 16.2. The number of hydrogen-bond donors (Lipinski definition) is 6. The van der Waals surface area contributed by atoms with Gasteiger partial charge in [0.25, 0.3) is 17.7 Å². The van der Waals surface area contributed by atoms with Crippen LogP contribution in [-0.2, 0) is 7.05 Å². The first kappa shape index (κ1) is 23.1. The summed E-state index contributed by atoms with van der Waals surface area (Å²) in [5, 5.41) is 20.6. The van der Waals surface area contributed by atoms with E-state index in [-0.39, 0.29) is 59.3 Å². The van der Waals surface area contributed by atoms with Gasteiger partial charge in [-0.05, 0) is 6.07 Å². The van der Waals surface area contributed by atoms with E-state index in [1.54, 1.807) is 14.1 Å². The van der Waals surface area contributed by atoms with Gasteiger partial charge in [0.1, 0.15) is 17.1 Å². The molecule has 14 heteroatoms. The zero-order valence-electron chi connectivity index (χ0n) is 18.3. The predicted molar refractivity (Wildman–Crippen MR) is 121 cm³/mol. The van der Waals surface area contributed by atoms with Crippen LogP contribution in [0.5, 0.6) is 0 Å². The molecule has 0 fully saturated rings. The van der Waals surface area contributed by atoms with Crippen LogP contribution in [0.2, 0.25) is 0 Å². The first-order valence-corrected chi connectivity index (χ1v) is 9.78. The van der Waals surface area contributed by atoms with Crippen LogP contribution in [0.3, 0.4) is 0 Å². The van der Waals surface area contributed by atoms with Gasteiger partial charge in [0.2, 0.25) is 0 Å². The predicted octanol–water partition coefficient (Wildman–Crippen LogP) is -0.0195. The van der Waals surface area contributed by atoms with Crippen molar-refractivity contribution in [2.75, 3.05) is 36.6 Å². The Bertz CT molecular complexity index is 1210. The lowest BCUT2D eigenvalue weighted by molar-refractivity contribution is 0.0792. The highest BCUT2D eigenvalue weighted by molar-refractivity contribution is 6.07. The molecule has 0 unspecified atom stereocenters. The van der Waals surface area contributed by atoms with Gasteiger partial charge in [-0.25, -0.2) is 0 Å². The molecule has 8 N–H and O–H groups in total. The van der Waals surface area contributed by atoms with Gasteiger partial charge in [-0.2, -0.15) is 10.2 Å².